The van der Waals surface area contributed by atoms with Gasteiger partial charge in [0.2, 0.25) is 5.14 Å². The van der Waals surface area contributed by atoms with E-state index in [0.717, 1.165) is 5.56 Å². The Kier molecular flexibility index (Phi) is 11.7. The molecule has 1 aromatic rings. The van der Waals surface area contributed by atoms with Crippen molar-refractivity contribution >= 4 is 72.6 Å². The molecule has 19 heteroatoms. The molecule has 1 aromatic carbocycles. The number of benzene rings is 1. The second-order valence-corrected chi connectivity index (χ2v) is 13.8. The topological polar surface area (TPSA) is 178 Å². The van der Waals surface area contributed by atoms with Crippen LogP contribution in [0.25, 0.3) is 0 Å². The molecule has 0 spiro atoms. The second-order valence-electron chi connectivity index (χ2n) is 6.14. The average molecular weight is 663 g/mol. The molecule has 4 N–H and O–H groups in total. The predicted octanol–water partition coefficient (Wildman–Crippen LogP) is 3.59. The van der Waals surface area contributed by atoms with Gasteiger partial charge in [-0.2, -0.15) is 31.0 Å². The lowest BCUT2D eigenvalue weighted by molar-refractivity contribution is -0.0447. The molecular formula is C13H20BIO12P3S2. The molecule has 32 heavy (non-hydrogen) atoms. The highest BCUT2D eigenvalue weighted by atomic mass is 127. The normalized spacial score (nSPS) is 26.2. The summed E-state index contributed by atoms with van der Waals surface area (Å²) in [6.07, 6.45) is 0.905. The van der Waals surface area contributed by atoms with Gasteiger partial charge < -0.3 is 29.0 Å². The predicted molar refractivity (Wildman–Crippen MR) is 128 cm³/mol. The number of phosphoric acid groups is 3. The van der Waals surface area contributed by atoms with Crippen LogP contribution in [-0.2, 0) is 36.3 Å². The monoisotopic (exact) mass is 663 g/mol. The van der Waals surface area contributed by atoms with Crippen LogP contribution < -0.4 is 0 Å². The molecular weight excluding hydrogens is 643 g/mol. The van der Waals surface area contributed by atoms with E-state index in [-0.39, 0.29) is 11.4 Å². The SMILES string of the molecule is CSSC(OC1CC([B]I)OC1COP(=O)(O)OP(=O)(O)OP(=O)(O)O)c1ccccc1. The molecule has 0 amide bonds. The molecule has 1 radical (unpaired) electrons. The number of phosphoric ester groups is 1. The van der Waals surface area contributed by atoms with Crippen molar-refractivity contribution in [2.45, 2.75) is 30.1 Å². The number of hydrogen-bond acceptors (Lipinski definition) is 10. The van der Waals surface area contributed by atoms with E-state index < -0.39 is 42.3 Å². The highest BCUT2D eigenvalue weighted by Crippen LogP contribution is 2.66. The standard InChI is InChI=1S/C13H20BIO12P3S2/c1-31-32-13(9-5-3-2-4-6-9)25-10-7-12(14-15)24-11(10)8-23-29(19,20)27-30(21,22)26-28(16,17)18/h2-6,10-13H,7-8H2,1H3,(H,19,20)(H,21,22)(H2,16,17,18). The quantitative estimate of drug-likeness (QED) is 0.0791. The van der Waals surface area contributed by atoms with Crippen molar-refractivity contribution in [3.05, 3.63) is 35.9 Å². The first-order chi connectivity index (χ1) is 14.8. The van der Waals surface area contributed by atoms with Crippen LogP contribution in [0.4, 0.5) is 0 Å². The fourth-order valence-electron chi connectivity index (χ4n) is 2.60. The summed E-state index contributed by atoms with van der Waals surface area (Å²) >= 11 is 2.00. The van der Waals surface area contributed by atoms with Crippen molar-refractivity contribution < 1.29 is 55.9 Å². The summed E-state index contributed by atoms with van der Waals surface area (Å²) in [7, 11) is -13.4. The third kappa shape index (κ3) is 10.3. The Morgan fingerprint density at radius 3 is 2.38 bits per heavy atom. The Morgan fingerprint density at radius 1 is 1.16 bits per heavy atom. The van der Waals surface area contributed by atoms with Crippen LogP contribution in [0, 0.1) is 0 Å². The summed E-state index contributed by atoms with van der Waals surface area (Å²) < 4.78 is 58.3. The zero-order valence-electron chi connectivity index (χ0n) is 16.3. The van der Waals surface area contributed by atoms with E-state index in [1.54, 1.807) is 5.14 Å². The van der Waals surface area contributed by atoms with Crippen molar-refractivity contribution in [2.24, 2.45) is 0 Å². The van der Waals surface area contributed by atoms with Crippen LogP contribution in [0.5, 0.6) is 0 Å². The van der Waals surface area contributed by atoms with Gasteiger partial charge in [-0.15, -0.1) is 0 Å². The Bertz CT molecular complexity index is 879. The highest BCUT2D eigenvalue weighted by molar-refractivity contribution is 14.1. The van der Waals surface area contributed by atoms with Gasteiger partial charge in [0.15, 0.2) is 0 Å². The van der Waals surface area contributed by atoms with Crippen LogP contribution in [0.2, 0.25) is 0 Å². The zero-order chi connectivity index (χ0) is 24.0. The molecule has 0 saturated carbocycles. The third-order valence-electron chi connectivity index (χ3n) is 3.74. The summed E-state index contributed by atoms with van der Waals surface area (Å²) in [6.45, 7) is -0.569. The number of ether oxygens (including phenoxy) is 2. The maximum atomic E-state index is 12.0. The van der Waals surface area contributed by atoms with Gasteiger partial charge in [0, 0.05) is 6.00 Å². The molecule has 1 fully saturated rings. The molecule has 0 aliphatic carbocycles. The van der Waals surface area contributed by atoms with Crippen LogP contribution in [-0.4, -0.2) is 55.8 Å². The molecule has 0 aromatic heterocycles. The molecule has 12 nitrogen and oxygen atoms in total. The minimum Gasteiger partial charge on any atom is -0.378 e. The fourth-order valence-corrected chi connectivity index (χ4v) is 7.72. The van der Waals surface area contributed by atoms with Gasteiger partial charge in [0.1, 0.15) is 11.5 Å². The number of rotatable bonds is 13. The van der Waals surface area contributed by atoms with E-state index in [1.165, 1.54) is 21.6 Å². The van der Waals surface area contributed by atoms with Gasteiger partial charge in [0.05, 0.1) is 12.7 Å². The summed E-state index contributed by atoms with van der Waals surface area (Å²) in [4.78, 5) is 36.1. The van der Waals surface area contributed by atoms with Crippen molar-refractivity contribution in [1.29, 1.82) is 0 Å². The summed E-state index contributed by atoms with van der Waals surface area (Å²) in [5, 5.41) is 1.75. The summed E-state index contributed by atoms with van der Waals surface area (Å²) in [5.74, 6) is 0. The molecule has 181 valence electrons. The van der Waals surface area contributed by atoms with Crippen LogP contribution in [0.1, 0.15) is 17.4 Å². The van der Waals surface area contributed by atoms with E-state index in [0.29, 0.717) is 6.42 Å². The molecule has 2 rings (SSSR count). The van der Waals surface area contributed by atoms with E-state index in [2.05, 4.69) is 8.62 Å². The van der Waals surface area contributed by atoms with E-state index in [4.69, 9.17) is 23.8 Å². The molecule has 6 unspecified atom stereocenters. The largest absolute Gasteiger partial charge is 0.490 e. The lowest BCUT2D eigenvalue weighted by atomic mass is 9.96. The smallest absolute Gasteiger partial charge is 0.378 e. The first-order valence-electron chi connectivity index (χ1n) is 8.61. The molecule has 6 atom stereocenters. The van der Waals surface area contributed by atoms with Crippen molar-refractivity contribution in [1.82, 2.24) is 0 Å². The Morgan fingerprint density at radius 2 is 1.81 bits per heavy atom. The van der Waals surface area contributed by atoms with E-state index >= 15 is 0 Å². The van der Waals surface area contributed by atoms with Gasteiger partial charge in [-0.3, -0.25) is 4.52 Å². The van der Waals surface area contributed by atoms with Crippen molar-refractivity contribution in [2.75, 3.05) is 12.9 Å². The molecule has 1 saturated heterocycles. The van der Waals surface area contributed by atoms with Crippen molar-refractivity contribution in [3.8, 4) is 0 Å². The first-order valence-corrected chi connectivity index (χ1v) is 17.0. The molecule has 1 aliphatic rings. The van der Waals surface area contributed by atoms with Gasteiger partial charge >= 0.3 is 23.5 Å². The van der Waals surface area contributed by atoms with Crippen LogP contribution in [0.3, 0.4) is 0 Å². The summed E-state index contributed by atoms with van der Waals surface area (Å²) in [6, 6.07) is 9.05. The van der Waals surface area contributed by atoms with E-state index in [9.17, 15) is 23.5 Å². The number of halogens is 1. The maximum Gasteiger partial charge on any atom is 0.490 e. The third-order valence-corrected chi connectivity index (χ3v) is 10.2. The van der Waals surface area contributed by atoms with Crippen LogP contribution in [0.15, 0.2) is 30.3 Å². The Labute approximate surface area is 206 Å². The first kappa shape index (κ1) is 29.3. The van der Waals surface area contributed by atoms with Gasteiger partial charge in [0.25, 0.3) is 0 Å². The second kappa shape index (κ2) is 12.8. The van der Waals surface area contributed by atoms with Gasteiger partial charge in [-0.05, 0) is 18.2 Å². The molecule has 1 heterocycles. The maximum absolute atomic E-state index is 12.0. The number of hydrogen-bond donors (Lipinski definition) is 4. The molecule has 0 bridgehead atoms. The van der Waals surface area contributed by atoms with Crippen LogP contribution >= 0.6 is 67.4 Å². The van der Waals surface area contributed by atoms with E-state index in [1.807, 2.05) is 59.0 Å². The average Bonchev–Trinajstić information content (AvgIpc) is 3.06. The Balaban J connectivity index is 2.05. The van der Waals surface area contributed by atoms with Gasteiger partial charge in [-0.1, -0.05) is 51.9 Å². The van der Waals surface area contributed by atoms with Crippen molar-refractivity contribution in [3.63, 3.8) is 0 Å². The minimum absolute atomic E-state index is 0.342. The zero-order valence-corrected chi connectivity index (χ0v) is 22.8. The minimum atomic E-state index is -5.59. The van der Waals surface area contributed by atoms with Gasteiger partial charge in [-0.25, -0.2) is 13.7 Å². The lowest BCUT2D eigenvalue weighted by Gasteiger charge is -2.25. The molecule has 1 aliphatic heterocycles. The summed E-state index contributed by atoms with van der Waals surface area (Å²) in [5.41, 5.74) is 0.530. The fraction of sp³-hybridized carbons (Fsp3) is 0.538. The highest BCUT2D eigenvalue weighted by Gasteiger charge is 2.43. The lowest BCUT2D eigenvalue weighted by Crippen LogP contribution is -2.29. The Hall–Kier alpha value is 1.04.